The average Bonchev–Trinajstić information content (AvgIpc) is 3.39. The molecule has 1 heterocycles. The molecule has 7 nitrogen and oxygen atoms in total. The van der Waals surface area contributed by atoms with Crippen LogP contribution in [-0.2, 0) is 16.1 Å². The monoisotopic (exact) mass is 394 g/mol. The van der Waals surface area contributed by atoms with Gasteiger partial charge < -0.3 is 20.1 Å². The Labute approximate surface area is 168 Å². The smallest absolute Gasteiger partial charge is 0.229 e. The van der Waals surface area contributed by atoms with Crippen LogP contribution < -0.4 is 20.1 Å². The highest BCUT2D eigenvalue weighted by molar-refractivity contribution is 6.19. The molecule has 2 aromatic rings. The van der Waals surface area contributed by atoms with Gasteiger partial charge in [-0.1, -0.05) is 19.1 Å². The van der Waals surface area contributed by atoms with Crippen LogP contribution in [0.15, 0.2) is 42.5 Å². The van der Waals surface area contributed by atoms with Crippen LogP contribution in [0.1, 0.15) is 22.8 Å². The van der Waals surface area contributed by atoms with E-state index in [2.05, 4.69) is 10.6 Å². The summed E-state index contributed by atoms with van der Waals surface area (Å²) in [5, 5.41) is 5.63. The van der Waals surface area contributed by atoms with E-state index in [4.69, 9.17) is 9.47 Å². The molecule has 1 aliphatic heterocycles. The van der Waals surface area contributed by atoms with Gasteiger partial charge >= 0.3 is 0 Å². The molecule has 0 spiro atoms. The molecule has 29 heavy (non-hydrogen) atoms. The molecule has 1 aliphatic carbocycles. The Morgan fingerprint density at radius 1 is 1.14 bits per heavy atom. The maximum Gasteiger partial charge on any atom is 0.229 e. The number of carbonyl (C=O) groups is 3. The highest BCUT2D eigenvalue weighted by Gasteiger charge is 2.73. The summed E-state index contributed by atoms with van der Waals surface area (Å²) in [5.74, 6) is -0.948. The minimum absolute atomic E-state index is 0.182. The summed E-state index contributed by atoms with van der Waals surface area (Å²) in [5.41, 5.74) is 0.676. The number of para-hydroxylation sites is 1. The largest absolute Gasteiger partial charge is 0.497 e. The Morgan fingerprint density at radius 2 is 1.90 bits per heavy atom. The van der Waals surface area contributed by atoms with Gasteiger partial charge in [-0.3, -0.25) is 14.4 Å². The van der Waals surface area contributed by atoms with Crippen LogP contribution in [0.5, 0.6) is 11.5 Å². The third kappa shape index (κ3) is 2.93. The van der Waals surface area contributed by atoms with Crippen molar-refractivity contribution in [1.29, 1.82) is 0 Å². The number of fused-ring (bicyclic) bond motifs is 2. The van der Waals surface area contributed by atoms with Gasteiger partial charge in [0.15, 0.2) is 5.78 Å². The fourth-order valence-electron chi connectivity index (χ4n) is 4.22. The molecule has 1 saturated carbocycles. The lowest BCUT2D eigenvalue weighted by atomic mass is 9.92. The van der Waals surface area contributed by atoms with Gasteiger partial charge in [-0.15, -0.1) is 0 Å². The summed E-state index contributed by atoms with van der Waals surface area (Å²) >= 11 is 0. The molecule has 0 bridgehead atoms. The van der Waals surface area contributed by atoms with E-state index >= 15 is 0 Å². The molecule has 0 aromatic heterocycles. The van der Waals surface area contributed by atoms with Gasteiger partial charge in [0, 0.05) is 23.7 Å². The zero-order valence-corrected chi connectivity index (χ0v) is 16.4. The maximum absolute atomic E-state index is 13.1. The van der Waals surface area contributed by atoms with Crippen molar-refractivity contribution in [2.24, 2.45) is 17.3 Å². The second-order valence-electron chi connectivity index (χ2n) is 7.50. The molecule has 2 amide bonds. The van der Waals surface area contributed by atoms with Crippen molar-refractivity contribution in [1.82, 2.24) is 5.32 Å². The number of methoxy groups -OCH3 is 2. The number of ether oxygens (including phenoxy) is 2. The first-order chi connectivity index (χ1) is 13.9. The first-order valence-corrected chi connectivity index (χ1v) is 9.35. The topological polar surface area (TPSA) is 93.7 Å². The fraction of sp³-hybridized carbons (Fsp3) is 0.318. The first kappa shape index (κ1) is 19.0. The summed E-state index contributed by atoms with van der Waals surface area (Å²) in [7, 11) is 3.11. The normalized spacial score (nSPS) is 24.5. The quantitative estimate of drug-likeness (QED) is 0.812. The van der Waals surface area contributed by atoms with Gasteiger partial charge in [0.05, 0.1) is 37.2 Å². The van der Waals surface area contributed by atoms with Gasteiger partial charge in [0.25, 0.3) is 0 Å². The fourth-order valence-corrected chi connectivity index (χ4v) is 4.22. The number of Topliss-reactive ketones (excluding diaryl/α,β-unsaturated/α-hetero) is 1. The summed E-state index contributed by atoms with van der Waals surface area (Å²) in [4.78, 5) is 38.6. The standard InChI is InChI=1S/C22H22N2O5/c1-22-17(18(22)21(27)24-15-7-5-4-6-14(15)19(22)25)20(26)23-11-12-8-9-13(28-2)10-16(12)29-3/h4-10,17-18H,11H2,1-3H3,(H,23,26)(H,24,27)/t17-,18?,22+/m0/s1. The number of hydrogen-bond acceptors (Lipinski definition) is 5. The van der Waals surface area contributed by atoms with Crippen molar-refractivity contribution >= 4 is 23.3 Å². The highest BCUT2D eigenvalue weighted by Crippen LogP contribution is 2.62. The Morgan fingerprint density at radius 3 is 2.62 bits per heavy atom. The van der Waals surface area contributed by atoms with Crippen molar-refractivity contribution in [3.05, 3.63) is 53.6 Å². The Kier molecular flexibility index (Phi) is 4.53. The average molecular weight is 394 g/mol. The van der Waals surface area contributed by atoms with Crippen molar-refractivity contribution in [2.45, 2.75) is 13.5 Å². The molecule has 7 heteroatoms. The predicted molar refractivity (Wildman–Crippen MR) is 106 cm³/mol. The molecule has 4 rings (SSSR count). The minimum atomic E-state index is -1.04. The van der Waals surface area contributed by atoms with Gasteiger partial charge in [-0.05, 0) is 24.3 Å². The van der Waals surface area contributed by atoms with E-state index in [0.29, 0.717) is 22.7 Å². The molecule has 3 atom stereocenters. The zero-order valence-electron chi connectivity index (χ0n) is 16.4. The van der Waals surface area contributed by atoms with E-state index in [1.807, 2.05) is 0 Å². The molecular formula is C22H22N2O5. The predicted octanol–water partition coefficient (Wildman–Crippen LogP) is 2.41. The van der Waals surface area contributed by atoms with E-state index in [1.165, 1.54) is 0 Å². The zero-order chi connectivity index (χ0) is 20.8. The number of nitrogens with one attached hydrogen (secondary N) is 2. The summed E-state index contributed by atoms with van der Waals surface area (Å²) < 4.78 is 10.5. The van der Waals surface area contributed by atoms with Crippen LogP contribution in [0, 0.1) is 17.3 Å². The van der Waals surface area contributed by atoms with Crippen molar-refractivity contribution in [3.8, 4) is 11.5 Å². The van der Waals surface area contributed by atoms with Crippen LogP contribution in [0.2, 0.25) is 0 Å². The molecule has 2 aliphatic rings. The molecule has 0 radical (unpaired) electrons. The van der Waals surface area contributed by atoms with Crippen molar-refractivity contribution in [2.75, 3.05) is 19.5 Å². The maximum atomic E-state index is 13.1. The Hall–Kier alpha value is -3.35. The molecule has 2 N–H and O–H groups in total. The van der Waals surface area contributed by atoms with Gasteiger partial charge in [0.1, 0.15) is 11.5 Å². The number of anilines is 1. The van der Waals surface area contributed by atoms with Gasteiger partial charge in [-0.2, -0.15) is 0 Å². The summed E-state index contributed by atoms with van der Waals surface area (Å²) in [6.45, 7) is 1.91. The Bertz CT molecular complexity index is 1020. The van der Waals surface area contributed by atoms with E-state index in [1.54, 1.807) is 63.6 Å². The molecule has 0 saturated heterocycles. The van der Waals surface area contributed by atoms with Crippen LogP contribution >= 0.6 is 0 Å². The molecule has 1 unspecified atom stereocenters. The number of benzene rings is 2. The molecular weight excluding hydrogens is 372 g/mol. The van der Waals surface area contributed by atoms with E-state index < -0.39 is 17.3 Å². The summed E-state index contributed by atoms with van der Waals surface area (Å²) in [6.07, 6.45) is 0. The lowest BCUT2D eigenvalue weighted by molar-refractivity contribution is -0.125. The lowest BCUT2D eigenvalue weighted by Crippen LogP contribution is -2.29. The van der Waals surface area contributed by atoms with Gasteiger partial charge in [-0.25, -0.2) is 0 Å². The van der Waals surface area contributed by atoms with Crippen LogP contribution in [-0.4, -0.2) is 31.8 Å². The third-order valence-corrected chi connectivity index (χ3v) is 5.95. The van der Waals surface area contributed by atoms with Crippen LogP contribution in [0.4, 0.5) is 5.69 Å². The molecule has 150 valence electrons. The van der Waals surface area contributed by atoms with E-state index in [9.17, 15) is 14.4 Å². The summed E-state index contributed by atoms with van der Waals surface area (Å²) in [6, 6.07) is 12.2. The number of carbonyl (C=O) groups excluding carboxylic acids is 3. The highest BCUT2D eigenvalue weighted by atomic mass is 16.5. The van der Waals surface area contributed by atoms with Crippen LogP contribution in [0.25, 0.3) is 0 Å². The number of rotatable bonds is 5. The SMILES string of the molecule is COc1ccc(CNC(=O)[C@@H]2C3C(=O)Nc4ccccc4C(=O)[C@@]32C)c(OC)c1. The van der Waals surface area contributed by atoms with Crippen molar-refractivity contribution < 1.29 is 23.9 Å². The number of ketones is 1. The van der Waals surface area contributed by atoms with Crippen molar-refractivity contribution in [3.63, 3.8) is 0 Å². The number of amides is 2. The van der Waals surface area contributed by atoms with E-state index in [0.717, 1.165) is 5.56 Å². The second-order valence-corrected chi connectivity index (χ2v) is 7.50. The van der Waals surface area contributed by atoms with Crippen LogP contribution in [0.3, 0.4) is 0 Å². The lowest BCUT2D eigenvalue weighted by Gasteiger charge is -2.14. The molecule has 2 aromatic carbocycles. The molecule has 1 fully saturated rings. The Balaban J connectivity index is 1.53. The number of hydrogen-bond donors (Lipinski definition) is 2. The van der Waals surface area contributed by atoms with E-state index in [-0.39, 0.29) is 24.1 Å². The first-order valence-electron chi connectivity index (χ1n) is 9.35. The third-order valence-electron chi connectivity index (χ3n) is 5.95. The van der Waals surface area contributed by atoms with Gasteiger partial charge in [0.2, 0.25) is 11.8 Å². The minimum Gasteiger partial charge on any atom is -0.497 e. The second kappa shape index (κ2) is 6.92.